The summed E-state index contributed by atoms with van der Waals surface area (Å²) in [5.74, 6) is -1.96. The van der Waals surface area contributed by atoms with Gasteiger partial charge in [-0.15, -0.1) is 0 Å². The van der Waals surface area contributed by atoms with E-state index in [1.807, 2.05) is 12.1 Å². The van der Waals surface area contributed by atoms with Crippen LogP contribution in [0.4, 0.5) is 10.1 Å². The average Bonchev–Trinajstić information content (AvgIpc) is 3.55. The molecule has 0 spiro atoms. The molecule has 0 unspecified atom stereocenters. The van der Waals surface area contributed by atoms with Crippen molar-refractivity contribution < 1.29 is 28.3 Å². The van der Waals surface area contributed by atoms with Crippen LogP contribution in [0.25, 0.3) is 5.57 Å². The number of hydrogen-bond donors (Lipinski definition) is 2. The van der Waals surface area contributed by atoms with Gasteiger partial charge in [0.05, 0.1) is 23.4 Å². The zero-order valence-electron chi connectivity index (χ0n) is 23.9. The maximum absolute atomic E-state index is 14.7. The van der Waals surface area contributed by atoms with E-state index in [0.717, 1.165) is 36.2 Å². The normalized spacial score (nSPS) is 19.3. The monoisotopic (exact) mass is 616 g/mol. The molecule has 0 radical (unpaired) electrons. The SMILES string of the molecule is COC(=O)c1ccc(NC(=O)[C@@H]2c3cccc(C4=CCNCC4)c3CCN2C(=O)[C@H]2CC(c3cccc(Cl)c3F)=NO2)cc1. The highest BCUT2D eigenvalue weighted by atomic mass is 35.5. The summed E-state index contributed by atoms with van der Waals surface area (Å²) in [6, 6.07) is 15.8. The second-order valence-electron chi connectivity index (χ2n) is 10.7. The fourth-order valence-electron chi connectivity index (χ4n) is 5.96. The van der Waals surface area contributed by atoms with E-state index in [4.69, 9.17) is 21.2 Å². The highest BCUT2D eigenvalue weighted by Gasteiger charge is 2.42. The first-order chi connectivity index (χ1) is 21.4. The van der Waals surface area contributed by atoms with Gasteiger partial charge in [-0.05, 0) is 78.0 Å². The van der Waals surface area contributed by atoms with Crippen LogP contribution in [0.5, 0.6) is 0 Å². The molecule has 0 aliphatic carbocycles. The molecule has 226 valence electrons. The van der Waals surface area contributed by atoms with Crippen LogP contribution in [-0.4, -0.2) is 61.2 Å². The van der Waals surface area contributed by atoms with Gasteiger partial charge >= 0.3 is 5.97 Å². The Balaban J connectivity index is 1.31. The maximum Gasteiger partial charge on any atom is 0.337 e. The van der Waals surface area contributed by atoms with Crippen LogP contribution in [0.15, 0.2) is 71.9 Å². The number of carbonyl (C=O) groups excluding carboxylic acids is 3. The molecule has 3 aliphatic rings. The van der Waals surface area contributed by atoms with E-state index in [9.17, 15) is 18.8 Å². The van der Waals surface area contributed by atoms with Gasteiger partial charge in [-0.3, -0.25) is 9.59 Å². The molecular formula is C33H30ClFN4O5. The topological polar surface area (TPSA) is 109 Å². The number of fused-ring (bicyclic) bond motifs is 1. The van der Waals surface area contributed by atoms with Crippen LogP contribution in [0.3, 0.4) is 0 Å². The zero-order chi connectivity index (χ0) is 30.8. The number of nitrogens with zero attached hydrogens (tertiary/aromatic N) is 2. The maximum atomic E-state index is 14.7. The molecule has 0 bridgehead atoms. The van der Waals surface area contributed by atoms with E-state index < -0.39 is 35.7 Å². The smallest absolute Gasteiger partial charge is 0.337 e. The number of halogens is 2. The van der Waals surface area contributed by atoms with Gasteiger partial charge < -0.3 is 25.1 Å². The zero-order valence-corrected chi connectivity index (χ0v) is 24.7. The van der Waals surface area contributed by atoms with Crippen molar-refractivity contribution in [1.29, 1.82) is 0 Å². The Morgan fingerprint density at radius 2 is 1.84 bits per heavy atom. The minimum absolute atomic E-state index is 0.0305. The number of oxime groups is 1. The number of carbonyl (C=O) groups is 3. The summed E-state index contributed by atoms with van der Waals surface area (Å²) in [6.45, 7) is 1.90. The number of ether oxygens (including phenoxy) is 1. The molecule has 44 heavy (non-hydrogen) atoms. The van der Waals surface area contributed by atoms with Gasteiger partial charge in [-0.1, -0.05) is 47.1 Å². The van der Waals surface area contributed by atoms with E-state index in [1.54, 1.807) is 30.3 Å². The van der Waals surface area contributed by atoms with Crippen LogP contribution in [-0.2, 0) is 25.6 Å². The average molecular weight is 617 g/mol. The molecule has 2 amide bonds. The summed E-state index contributed by atoms with van der Waals surface area (Å²) in [5.41, 5.74) is 5.28. The lowest BCUT2D eigenvalue weighted by atomic mass is 9.84. The van der Waals surface area contributed by atoms with Crippen molar-refractivity contribution in [3.05, 3.63) is 105 Å². The summed E-state index contributed by atoms with van der Waals surface area (Å²) in [6.07, 6.45) is 2.56. The predicted molar refractivity (Wildman–Crippen MR) is 164 cm³/mol. The molecular weight excluding hydrogens is 587 g/mol. The van der Waals surface area contributed by atoms with Gasteiger partial charge in [-0.2, -0.15) is 0 Å². The van der Waals surface area contributed by atoms with Gasteiger partial charge in [0, 0.05) is 30.8 Å². The van der Waals surface area contributed by atoms with Crippen molar-refractivity contribution in [3.8, 4) is 0 Å². The lowest BCUT2D eigenvalue weighted by Gasteiger charge is -2.38. The van der Waals surface area contributed by atoms with Crippen LogP contribution in [0, 0.1) is 5.82 Å². The highest BCUT2D eigenvalue weighted by Crippen LogP contribution is 2.37. The van der Waals surface area contributed by atoms with Gasteiger partial charge in [0.1, 0.15) is 6.04 Å². The highest BCUT2D eigenvalue weighted by molar-refractivity contribution is 6.31. The molecule has 3 heterocycles. The van der Waals surface area contributed by atoms with Crippen molar-refractivity contribution in [1.82, 2.24) is 10.2 Å². The first-order valence-corrected chi connectivity index (χ1v) is 14.7. The number of esters is 1. The Kier molecular flexibility index (Phi) is 8.45. The first kappa shape index (κ1) is 29.5. The van der Waals surface area contributed by atoms with Crippen molar-refractivity contribution >= 4 is 46.4 Å². The van der Waals surface area contributed by atoms with E-state index in [0.29, 0.717) is 17.7 Å². The van der Waals surface area contributed by atoms with Gasteiger partial charge in [0.25, 0.3) is 11.8 Å². The summed E-state index contributed by atoms with van der Waals surface area (Å²) in [7, 11) is 1.30. The Morgan fingerprint density at radius 3 is 2.59 bits per heavy atom. The third-order valence-corrected chi connectivity index (χ3v) is 8.43. The van der Waals surface area contributed by atoms with Crippen LogP contribution < -0.4 is 10.6 Å². The summed E-state index contributed by atoms with van der Waals surface area (Å²) < 4.78 is 19.5. The van der Waals surface area contributed by atoms with Crippen molar-refractivity contribution in [2.75, 3.05) is 32.1 Å². The number of anilines is 1. The van der Waals surface area contributed by atoms with Crippen LogP contribution in [0.1, 0.15) is 51.5 Å². The molecule has 0 saturated heterocycles. The second-order valence-corrected chi connectivity index (χ2v) is 11.1. The number of methoxy groups -OCH3 is 1. The molecule has 3 aliphatic heterocycles. The number of amides is 2. The third-order valence-electron chi connectivity index (χ3n) is 8.14. The molecule has 2 N–H and O–H groups in total. The minimum Gasteiger partial charge on any atom is -0.465 e. The standard InChI is InChI=1S/C33H30ClFN4O5/c1-43-33(42)20-8-10-21(11-9-20)37-31(40)30-24-5-2-4-22(19-12-15-36-16-13-19)23(24)14-17-39(30)32(41)28-18-27(38-44-28)25-6-3-7-26(34)29(25)35/h2-12,28,30,36H,13-18H2,1H3,(H,37,40)/t28-,30+/m1/s1. The summed E-state index contributed by atoms with van der Waals surface area (Å²) in [4.78, 5) is 47.0. The quantitative estimate of drug-likeness (QED) is 0.382. The Hall–Kier alpha value is -4.54. The number of hydrogen-bond acceptors (Lipinski definition) is 7. The van der Waals surface area contributed by atoms with Crippen molar-refractivity contribution in [2.45, 2.75) is 31.4 Å². The second kappa shape index (κ2) is 12.6. The molecule has 11 heteroatoms. The molecule has 6 rings (SSSR count). The minimum atomic E-state index is -1.03. The molecule has 9 nitrogen and oxygen atoms in total. The largest absolute Gasteiger partial charge is 0.465 e. The summed E-state index contributed by atoms with van der Waals surface area (Å²) in [5, 5.41) is 10.2. The van der Waals surface area contributed by atoms with Crippen molar-refractivity contribution in [2.24, 2.45) is 5.16 Å². The molecule has 0 aromatic heterocycles. The third kappa shape index (κ3) is 5.70. The number of rotatable bonds is 6. The van der Waals surface area contributed by atoms with E-state index in [-0.39, 0.29) is 29.3 Å². The van der Waals surface area contributed by atoms with Gasteiger partial charge in [0.15, 0.2) is 5.82 Å². The number of nitrogens with one attached hydrogen (secondary N) is 2. The number of benzene rings is 3. The fraction of sp³-hybridized carbons (Fsp3) is 0.273. The first-order valence-electron chi connectivity index (χ1n) is 14.3. The Morgan fingerprint density at radius 1 is 1.07 bits per heavy atom. The molecule has 3 aromatic carbocycles. The Bertz CT molecular complexity index is 1690. The fourth-order valence-corrected chi connectivity index (χ4v) is 6.13. The Labute approximate surface area is 258 Å². The molecule has 2 atom stereocenters. The molecule has 0 saturated carbocycles. The van der Waals surface area contributed by atoms with Crippen molar-refractivity contribution in [3.63, 3.8) is 0 Å². The van der Waals surface area contributed by atoms with E-state index in [2.05, 4.69) is 27.9 Å². The van der Waals surface area contributed by atoms with Crippen LogP contribution >= 0.6 is 11.6 Å². The summed E-state index contributed by atoms with van der Waals surface area (Å²) >= 11 is 5.96. The lowest BCUT2D eigenvalue weighted by molar-refractivity contribution is -0.148. The van der Waals surface area contributed by atoms with Gasteiger partial charge in [0.2, 0.25) is 6.10 Å². The van der Waals surface area contributed by atoms with Gasteiger partial charge in [-0.25, -0.2) is 9.18 Å². The lowest BCUT2D eigenvalue weighted by Crippen LogP contribution is -2.49. The molecule has 0 fully saturated rings. The van der Waals surface area contributed by atoms with E-state index >= 15 is 0 Å². The van der Waals surface area contributed by atoms with Crippen LogP contribution in [0.2, 0.25) is 5.02 Å². The molecule has 3 aromatic rings. The predicted octanol–water partition coefficient (Wildman–Crippen LogP) is 4.90. The van der Waals surface area contributed by atoms with E-state index in [1.165, 1.54) is 29.7 Å².